The number of rotatable bonds is 6. The molecular weight excluding hydrogens is 415 g/mol. The maximum absolute atomic E-state index is 14.1. The molecule has 0 spiro atoms. The van der Waals surface area contributed by atoms with Gasteiger partial charge in [0.2, 0.25) is 0 Å². The minimum absolute atomic E-state index is 0.254. The lowest BCUT2D eigenvalue weighted by atomic mass is 10.2. The molecular formula is C18H28BrFN4OSi. The number of halogens is 2. The molecule has 0 saturated carbocycles. The SMILES string of the molecule is Cn1nc(N2CCCN(COCC[Si](C)(C)C)C2)c2cc(F)c(Br)cc21. The summed E-state index contributed by atoms with van der Waals surface area (Å²) in [6.45, 7) is 11.3. The fourth-order valence-corrected chi connectivity index (χ4v) is 4.27. The topological polar surface area (TPSA) is 33.5 Å². The first-order valence-electron chi connectivity index (χ1n) is 9.11. The van der Waals surface area contributed by atoms with E-state index in [1.165, 1.54) is 6.04 Å². The lowest BCUT2D eigenvalue weighted by molar-refractivity contribution is 0.0279. The van der Waals surface area contributed by atoms with Crippen LogP contribution in [0.1, 0.15) is 6.42 Å². The molecule has 2 heterocycles. The fourth-order valence-electron chi connectivity index (χ4n) is 3.18. The Bertz CT molecular complexity index is 777. The normalized spacial score (nSPS) is 16.6. The Hall–Kier alpha value is -0.963. The highest BCUT2D eigenvalue weighted by Gasteiger charge is 2.23. The molecule has 26 heavy (non-hydrogen) atoms. The molecule has 1 saturated heterocycles. The molecule has 1 aromatic carbocycles. The van der Waals surface area contributed by atoms with Gasteiger partial charge in [-0.3, -0.25) is 9.58 Å². The Labute approximate surface area is 164 Å². The van der Waals surface area contributed by atoms with Crippen LogP contribution in [0.5, 0.6) is 0 Å². The smallest absolute Gasteiger partial charge is 0.159 e. The summed E-state index contributed by atoms with van der Waals surface area (Å²) >= 11 is 3.26. The Balaban J connectivity index is 1.68. The Morgan fingerprint density at radius 2 is 2.04 bits per heavy atom. The van der Waals surface area contributed by atoms with Crippen LogP contribution in [-0.2, 0) is 11.8 Å². The van der Waals surface area contributed by atoms with E-state index in [1.54, 1.807) is 12.1 Å². The summed E-state index contributed by atoms with van der Waals surface area (Å²) in [7, 11) is 0.846. The van der Waals surface area contributed by atoms with Crippen LogP contribution in [0.4, 0.5) is 10.2 Å². The number of nitrogens with zero attached hydrogens (tertiary/aromatic N) is 4. The predicted octanol–water partition coefficient (Wildman–Crippen LogP) is 4.26. The summed E-state index contributed by atoms with van der Waals surface area (Å²) in [5.41, 5.74) is 0.928. The van der Waals surface area contributed by atoms with Crippen molar-refractivity contribution in [1.29, 1.82) is 0 Å². The van der Waals surface area contributed by atoms with Crippen molar-refractivity contribution in [2.45, 2.75) is 32.1 Å². The van der Waals surface area contributed by atoms with Crippen LogP contribution in [0.3, 0.4) is 0 Å². The highest BCUT2D eigenvalue weighted by molar-refractivity contribution is 9.10. The molecule has 3 rings (SSSR count). The minimum atomic E-state index is -1.05. The molecule has 0 atom stereocenters. The van der Waals surface area contributed by atoms with E-state index < -0.39 is 8.07 Å². The quantitative estimate of drug-likeness (QED) is 0.494. The summed E-state index contributed by atoms with van der Waals surface area (Å²) in [5, 5.41) is 5.51. The first kappa shape index (κ1) is 19.8. The zero-order valence-corrected chi connectivity index (χ0v) is 18.6. The lowest BCUT2D eigenvalue weighted by Crippen LogP contribution is -2.46. The van der Waals surface area contributed by atoms with Crippen molar-refractivity contribution in [3.05, 3.63) is 22.4 Å². The van der Waals surface area contributed by atoms with Crippen LogP contribution in [0.2, 0.25) is 25.7 Å². The molecule has 1 aliphatic heterocycles. The van der Waals surface area contributed by atoms with Gasteiger partial charge in [0.15, 0.2) is 5.82 Å². The van der Waals surface area contributed by atoms with Gasteiger partial charge in [-0.15, -0.1) is 0 Å². The summed E-state index contributed by atoms with van der Waals surface area (Å²) < 4.78 is 22.2. The summed E-state index contributed by atoms with van der Waals surface area (Å²) in [6, 6.07) is 4.55. The first-order chi connectivity index (χ1) is 12.2. The molecule has 1 aromatic heterocycles. The van der Waals surface area contributed by atoms with Gasteiger partial charge in [-0.1, -0.05) is 19.6 Å². The van der Waals surface area contributed by atoms with E-state index in [4.69, 9.17) is 4.74 Å². The molecule has 0 bridgehead atoms. The molecule has 0 amide bonds. The molecule has 0 N–H and O–H groups in total. The van der Waals surface area contributed by atoms with Gasteiger partial charge in [0.05, 0.1) is 16.7 Å². The summed E-state index contributed by atoms with van der Waals surface area (Å²) in [6.07, 6.45) is 1.05. The maximum atomic E-state index is 14.1. The third-order valence-electron chi connectivity index (χ3n) is 4.72. The fraction of sp³-hybridized carbons (Fsp3) is 0.611. The monoisotopic (exact) mass is 442 g/mol. The molecule has 0 unspecified atom stereocenters. The van der Waals surface area contributed by atoms with Gasteiger partial charge >= 0.3 is 0 Å². The van der Waals surface area contributed by atoms with Crippen molar-refractivity contribution in [2.24, 2.45) is 7.05 Å². The summed E-state index contributed by atoms with van der Waals surface area (Å²) in [4.78, 5) is 4.52. The van der Waals surface area contributed by atoms with Gasteiger partial charge in [-0.2, -0.15) is 5.10 Å². The largest absolute Gasteiger partial charge is 0.366 e. The van der Waals surface area contributed by atoms with Crippen LogP contribution >= 0.6 is 15.9 Å². The second-order valence-electron chi connectivity index (χ2n) is 8.23. The van der Waals surface area contributed by atoms with E-state index in [1.807, 2.05) is 11.7 Å². The summed E-state index contributed by atoms with van der Waals surface area (Å²) in [5.74, 6) is 0.594. The van der Waals surface area contributed by atoms with Crippen LogP contribution in [0.15, 0.2) is 16.6 Å². The highest BCUT2D eigenvalue weighted by Crippen LogP contribution is 2.31. The van der Waals surface area contributed by atoms with Crippen LogP contribution in [0, 0.1) is 5.82 Å². The number of hydrogen-bond donors (Lipinski definition) is 0. The lowest BCUT2D eigenvalue weighted by Gasteiger charge is -2.35. The van der Waals surface area contributed by atoms with Gasteiger partial charge in [-0.05, 0) is 40.5 Å². The van der Waals surface area contributed by atoms with Crippen molar-refractivity contribution in [3.63, 3.8) is 0 Å². The van der Waals surface area contributed by atoms with Gasteiger partial charge in [-0.25, -0.2) is 4.39 Å². The number of aromatic nitrogens is 2. The second kappa shape index (κ2) is 7.96. The molecule has 2 aromatic rings. The Morgan fingerprint density at radius 1 is 1.27 bits per heavy atom. The number of ether oxygens (including phenoxy) is 1. The third kappa shape index (κ3) is 4.65. The number of benzene rings is 1. The van der Waals surface area contributed by atoms with Crippen molar-refractivity contribution >= 4 is 40.7 Å². The standard InChI is InChI=1S/C18H28BrFN4OSi/c1-22-17-11-15(19)16(20)10-14(17)18(21-22)24-7-5-6-23(12-24)13-25-8-9-26(2,3)4/h10-11H,5-9,12-13H2,1-4H3. The third-order valence-corrected chi connectivity index (χ3v) is 7.03. The van der Waals surface area contributed by atoms with Gasteiger partial charge < -0.3 is 9.64 Å². The molecule has 8 heteroatoms. The average Bonchev–Trinajstić information content (AvgIpc) is 2.88. The number of fused-ring (bicyclic) bond motifs is 1. The van der Waals surface area contributed by atoms with Crippen molar-refractivity contribution in [1.82, 2.24) is 14.7 Å². The van der Waals surface area contributed by atoms with Crippen LogP contribution < -0.4 is 4.90 Å². The maximum Gasteiger partial charge on any atom is 0.159 e. The van der Waals surface area contributed by atoms with Gasteiger partial charge in [0.1, 0.15) is 12.5 Å². The zero-order chi connectivity index (χ0) is 18.9. The first-order valence-corrected chi connectivity index (χ1v) is 13.6. The number of anilines is 1. The Morgan fingerprint density at radius 3 is 2.77 bits per heavy atom. The van der Waals surface area contributed by atoms with E-state index in [-0.39, 0.29) is 5.82 Å². The van der Waals surface area contributed by atoms with Gasteiger partial charge in [0.25, 0.3) is 0 Å². The molecule has 144 valence electrons. The molecule has 5 nitrogen and oxygen atoms in total. The minimum Gasteiger partial charge on any atom is -0.366 e. The molecule has 1 fully saturated rings. The zero-order valence-electron chi connectivity index (χ0n) is 16.1. The molecule has 0 aliphatic carbocycles. The predicted molar refractivity (Wildman–Crippen MR) is 111 cm³/mol. The van der Waals surface area contributed by atoms with E-state index in [0.717, 1.165) is 49.5 Å². The van der Waals surface area contributed by atoms with E-state index in [9.17, 15) is 4.39 Å². The second-order valence-corrected chi connectivity index (χ2v) is 14.7. The van der Waals surface area contributed by atoms with Crippen LogP contribution in [-0.4, -0.2) is 55.9 Å². The van der Waals surface area contributed by atoms with Crippen molar-refractivity contribution in [3.8, 4) is 0 Å². The Kier molecular flexibility index (Phi) is 6.06. The van der Waals surface area contributed by atoms with E-state index in [0.29, 0.717) is 11.2 Å². The van der Waals surface area contributed by atoms with E-state index in [2.05, 4.69) is 50.5 Å². The highest BCUT2D eigenvalue weighted by atomic mass is 79.9. The van der Waals surface area contributed by atoms with Gasteiger partial charge in [0, 0.05) is 40.2 Å². The molecule has 1 aliphatic rings. The van der Waals surface area contributed by atoms with Crippen LogP contribution in [0.25, 0.3) is 10.9 Å². The number of aryl methyl sites for hydroxylation is 1. The van der Waals surface area contributed by atoms with Crippen molar-refractivity contribution < 1.29 is 9.13 Å². The molecule has 0 radical (unpaired) electrons. The van der Waals surface area contributed by atoms with E-state index >= 15 is 0 Å². The number of hydrogen-bond acceptors (Lipinski definition) is 4. The average molecular weight is 443 g/mol. The van der Waals surface area contributed by atoms with Crippen molar-refractivity contribution in [2.75, 3.05) is 38.0 Å².